The molecule has 0 unspecified atom stereocenters. The van der Waals surface area contributed by atoms with Gasteiger partial charge in [0.15, 0.2) is 0 Å². The summed E-state index contributed by atoms with van der Waals surface area (Å²) in [5, 5.41) is 12.6. The molecule has 0 saturated carbocycles. The highest BCUT2D eigenvalue weighted by Crippen LogP contribution is 2.15. The molecule has 2 aromatic rings. The van der Waals surface area contributed by atoms with Gasteiger partial charge in [-0.25, -0.2) is 0 Å². The fourth-order valence-electron chi connectivity index (χ4n) is 2.12. The van der Waals surface area contributed by atoms with Crippen LogP contribution in [0, 0.1) is 6.92 Å². The highest BCUT2D eigenvalue weighted by Gasteiger charge is 2.08. The molecule has 1 atom stereocenters. The van der Waals surface area contributed by atoms with Gasteiger partial charge in [-0.2, -0.15) is 5.10 Å². The van der Waals surface area contributed by atoms with E-state index in [1.165, 1.54) is 11.1 Å². The molecule has 1 heterocycles. The first-order valence-electron chi connectivity index (χ1n) is 6.75. The molecule has 5 heteroatoms. The number of benzene rings is 1. The fraction of sp³-hybridized carbons (Fsp3) is 0.333. The third kappa shape index (κ3) is 3.68. The van der Waals surface area contributed by atoms with Crippen LogP contribution in [0.15, 0.2) is 36.5 Å². The van der Waals surface area contributed by atoms with Gasteiger partial charge in [-0.05, 0) is 31.0 Å². The lowest BCUT2D eigenvalue weighted by molar-refractivity contribution is 0.0948. The molecule has 0 aliphatic heterocycles. The summed E-state index contributed by atoms with van der Waals surface area (Å²) in [5.74, 6) is -0.132. The molecule has 0 saturated heterocycles. The lowest BCUT2D eigenvalue weighted by Gasteiger charge is -2.16. The van der Waals surface area contributed by atoms with Crippen LogP contribution < -0.4 is 10.6 Å². The van der Waals surface area contributed by atoms with E-state index in [1.54, 1.807) is 12.3 Å². The van der Waals surface area contributed by atoms with Crippen LogP contribution in [0.1, 0.15) is 34.6 Å². The van der Waals surface area contributed by atoms with Crippen molar-refractivity contribution < 1.29 is 4.79 Å². The third-order valence-electron chi connectivity index (χ3n) is 3.26. The zero-order chi connectivity index (χ0) is 14.4. The molecule has 0 fully saturated rings. The van der Waals surface area contributed by atoms with Crippen LogP contribution in [-0.4, -0.2) is 29.2 Å². The Labute approximate surface area is 118 Å². The van der Waals surface area contributed by atoms with Gasteiger partial charge in [0.05, 0.1) is 0 Å². The summed E-state index contributed by atoms with van der Waals surface area (Å²) in [4.78, 5) is 11.7. The van der Waals surface area contributed by atoms with Gasteiger partial charge >= 0.3 is 0 Å². The van der Waals surface area contributed by atoms with E-state index in [2.05, 4.69) is 46.8 Å². The summed E-state index contributed by atoms with van der Waals surface area (Å²) >= 11 is 0. The Morgan fingerprint density at radius 3 is 2.80 bits per heavy atom. The quantitative estimate of drug-likeness (QED) is 0.702. The van der Waals surface area contributed by atoms with Gasteiger partial charge in [-0.3, -0.25) is 9.89 Å². The van der Waals surface area contributed by atoms with E-state index in [1.807, 2.05) is 12.1 Å². The van der Waals surface area contributed by atoms with Crippen molar-refractivity contribution in [3.63, 3.8) is 0 Å². The number of H-pyrrole nitrogens is 1. The normalized spacial score (nSPS) is 12.1. The molecule has 1 aromatic heterocycles. The Morgan fingerprint density at radius 2 is 2.10 bits per heavy atom. The maximum absolute atomic E-state index is 11.7. The Bertz CT molecular complexity index is 551. The van der Waals surface area contributed by atoms with E-state index in [0.29, 0.717) is 12.2 Å². The highest BCUT2D eigenvalue weighted by molar-refractivity contribution is 5.92. The van der Waals surface area contributed by atoms with Crippen molar-refractivity contribution in [2.75, 3.05) is 13.1 Å². The predicted octanol–water partition coefficient (Wildman–Crippen LogP) is 1.80. The number of hydrogen-bond donors (Lipinski definition) is 3. The monoisotopic (exact) mass is 272 g/mol. The number of nitrogens with zero attached hydrogens (tertiary/aromatic N) is 1. The second-order valence-electron chi connectivity index (χ2n) is 4.76. The second kappa shape index (κ2) is 6.86. The summed E-state index contributed by atoms with van der Waals surface area (Å²) in [6, 6.07) is 10.2. The maximum Gasteiger partial charge on any atom is 0.269 e. The van der Waals surface area contributed by atoms with E-state index >= 15 is 0 Å². The van der Waals surface area contributed by atoms with Crippen molar-refractivity contribution in [3.05, 3.63) is 53.3 Å². The third-order valence-corrected chi connectivity index (χ3v) is 3.26. The smallest absolute Gasteiger partial charge is 0.269 e. The topological polar surface area (TPSA) is 69.8 Å². The Balaban J connectivity index is 1.74. The van der Waals surface area contributed by atoms with Crippen LogP contribution >= 0.6 is 0 Å². The lowest BCUT2D eigenvalue weighted by atomic mass is 10.0. The standard InChI is InChI=1S/C15H20N4O/c1-11-5-3-4-6-13(11)12(2)16-9-10-17-15(20)14-7-8-18-19-14/h3-8,12,16H,9-10H2,1-2H3,(H,17,20)(H,18,19)/t12-/m0/s1. The largest absolute Gasteiger partial charge is 0.349 e. The van der Waals surface area contributed by atoms with Crippen molar-refractivity contribution >= 4 is 5.91 Å². The van der Waals surface area contributed by atoms with Crippen LogP contribution in [0.25, 0.3) is 0 Å². The summed E-state index contributed by atoms with van der Waals surface area (Å²) in [6.45, 7) is 5.52. The van der Waals surface area contributed by atoms with E-state index in [4.69, 9.17) is 0 Å². The summed E-state index contributed by atoms with van der Waals surface area (Å²) in [5.41, 5.74) is 3.04. The van der Waals surface area contributed by atoms with E-state index in [-0.39, 0.29) is 11.9 Å². The minimum Gasteiger partial charge on any atom is -0.349 e. The number of aromatic nitrogens is 2. The molecule has 1 amide bonds. The Morgan fingerprint density at radius 1 is 1.30 bits per heavy atom. The molecule has 3 N–H and O–H groups in total. The van der Waals surface area contributed by atoms with Crippen LogP contribution in [0.4, 0.5) is 0 Å². The van der Waals surface area contributed by atoms with Crippen LogP contribution in [0.3, 0.4) is 0 Å². The van der Waals surface area contributed by atoms with Gasteiger partial charge in [0.25, 0.3) is 5.91 Å². The molecule has 20 heavy (non-hydrogen) atoms. The molecule has 5 nitrogen and oxygen atoms in total. The van der Waals surface area contributed by atoms with Crippen LogP contribution in [0.5, 0.6) is 0 Å². The van der Waals surface area contributed by atoms with Crippen molar-refractivity contribution in [1.82, 2.24) is 20.8 Å². The zero-order valence-corrected chi connectivity index (χ0v) is 11.8. The number of aromatic amines is 1. The van der Waals surface area contributed by atoms with E-state index in [9.17, 15) is 4.79 Å². The summed E-state index contributed by atoms with van der Waals surface area (Å²) in [7, 11) is 0. The number of nitrogens with one attached hydrogen (secondary N) is 3. The number of rotatable bonds is 6. The summed E-state index contributed by atoms with van der Waals surface area (Å²) in [6.07, 6.45) is 1.56. The Hall–Kier alpha value is -2.14. The van der Waals surface area contributed by atoms with Crippen molar-refractivity contribution in [1.29, 1.82) is 0 Å². The number of aryl methyl sites for hydroxylation is 1. The number of carbonyl (C=O) groups is 1. The molecule has 0 aliphatic rings. The molecule has 0 bridgehead atoms. The number of amides is 1. The molecule has 0 aliphatic carbocycles. The molecule has 106 valence electrons. The molecule has 1 aromatic carbocycles. The summed E-state index contributed by atoms with van der Waals surface area (Å²) < 4.78 is 0. The lowest BCUT2D eigenvalue weighted by Crippen LogP contribution is -2.33. The van der Waals surface area contributed by atoms with Crippen molar-refractivity contribution in [3.8, 4) is 0 Å². The number of carbonyl (C=O) groups excluding carboxylic acids is 1. The van der Waals surface area contributed by atoms with E-state index in [0.717, 1.165) is 6.54 Å². The first-order chi connectivity index (χ1) is 9.68. The average molecular weight is 272 g/mol. The van der Waals surface area contributed by atoms with Crippen LogP contribution in [0.2, 0.25) is 0 Å². The zero-order valence-electron chi connectivity index (χ0n) is 11.8. The van der Waals surface area contributed by atoms with Gasteiger partial charge in [0, 0.05) is 25.3 Å². The first kappa shape index (κ1) is 14.3. The number of hydrogen-bond acceptors (Lipinski definition) is 3. The van der Waals surface area contributed by atoms with Gasteiger partial charge < -0.3 is 10.6 Å². The fourth-order valence-corrected chi connectivity index (χ4v) is 2.12. The van der Waals surface area contributed by atoms with Gasteiger partial charge in [0.2, 0.25) is 0 Å². The van der Waals surface area contributed by atoms with Gasteiger partial charge in [0.1, 0.15) is 5.69 Å². The van der Waals surface area contributed by atoms with Crippen molar-refractivity contribution in [2.24, 2.45) is 0 Å². The molecular weight excluding hydrogens is 252 g/mol. The average Bonchev–Trinajstić information content (AvgIpc) is 2.98. The predicted molar refractivity (Wildman–Crippen MR) is 78.5 cm³/mol. The Kier molecular flexibility index (Phi) is 4.90. The minimum absolute atomic E-state index is 0.132. The van der Waals surface area contributed by atoms with Gasteiger partial charge in [-0.1, -0.05) is 24.3 Å². The van der Waals surface area contributed by atoms with Gasteiger partial charge in [-0.15, -0.1) is 0 Å². The second-order valence-corrected chi connectivity index (χ2v) is 4.76. The first-order valence-corrected chi connectivity index (χ1v) is 6.75. The maximum atomic E-state index is 11.7. The molecule has 2 rings (SSSR count). The molecule has 0 radical (unpaired) electrons. The minimum atomic E-state index is -0.132. The van der Waals surface area contributed by atoms with E-state index < -0.39 is 0 Å². The van der Waals surface area contributed by atoms with Crippen molar-refractivity contribution in [2.45, 2.75) is 19.9 Å². The van der Waals surface area contributed by atoms with Crippen LogP contribution in [-0.2, 0) is 0 Å². The SMILES string of the molecule is Cc1ccccc1[C@H](C)NCCNC(=O)c1ccn[nH]1. The highest BCUT2D eigenvalue weighted by atomic mass is 16.1. The molecular formula is C15H20N4O. The molecule has 0 spiro atoms.